The van der Waals surface area contributed by atoms with Crippen LogP contribution in [0, 0.1) is 13.8 Å². The molecule has 4 aromatic rings. The van der Waals surface area contributed by atoms with Gasteiger partial charge in [0.15, 0.2) is 0 Å². The second-order valence-electron chi connectivity index (χ2n) is 5.59. The van der Waals surface area contributed by atoms with Crippen molar-refractivity contribution in [3.05, 3.63) is 96.1 Å². The van der Waals surface area contributed by atoms with Gasteiger partial charge >= 0.3 is 0 Å². The molecule has 0 bridgehead atoms. The maximum Gasteiger partial charge on any atom is 0 e. The summed E-state index contributed by atoms with van der Waals surface area (Å²) in [5.41, 5.74) is 2.70. The van der Waals surface area contributed by atoms with Gasteiger partial charge in [-0.2, -0.15) is 0 Å². The Morgan fingerprint density at radius 3 is 1.17 bits per heavy atom. The topological polar surface area (TPSA) is 0 Å². The van der Waals surface area contributed by atoms with Crippen LogP contribution in [0.25, 0.3) is 21.5 Å². The van der Waals surface area contributed by atoms with E-state index in [1.54, 1.807) is 0 Å². The van der Waals surface area contributed by atoms with Crippen LogP contribution in [-0.4, -0.2) is 0 Å². The first-order chi connectivity index (χ1) is 10.8. The fourth-order valence-electron chi connectivity index (χ4n) is 2.77. The molecule has 0 aliphatic heterocycles. The van der Waals surface area contributed by atoms with Crippen molar-refractivity contribution in [2.24, 2.45) is 0 Å². The molecular formula is C22H20Mo. The molecule has 0 fully saturated rings. The molecule has 0 amide bonds. The van der Waals surface area contributed by atoms with Crippen molar-refractivity contribution in [1.29, 1.82) is 0 Å². The maximum absolute atomic E-state index is 2.16. The monoisotopic (exact) mass is 382 g/mol. The van der Waals surface area contributed by atoms with Crippen LogP contribution in [0.3, 0.4) is 0 Å². The van der Waals surface area contributed by atoms with Crippen LogP contribution in [-0.2, 0) is 21.1 Å². The van der Waals surface area contributed by atoms with Crippen molar-refractivity contribution in [2.45, 2.75) is 13.8 Å². The third-order valence-corrected chi connectivity index (χ3v) is 4.02. The summed E-state index contributed by atoms with van der Waals surface area (Å²) in [4.78, 5) is 0. The predicted octanol–water partition coefficient (Wildman–Crippen LogP) is 6.29. The van der Waals surface area contributed by atoms with Gasteiger partial charge in [0, 0.05) is 21.1 Å². The van der Waals surface area contributed by atoms with Gasteiger partial charge < -0.3 is 0 Å². The zero-order chi connectivity index (χ0) is 15.4. The van der Waals surface area contributed by atoms with Crippen LogP contribution in [0.4, 0.5) is 0 Å². The SMILES string of the molecule is Cc1cccc2ccccc12.Cc1cccc2ccccc12.[Mo]. The first-order valence-electron chi connectivity index (χ1n) is 7.64. The zero-order valence-electron chi connectivity index (χ0n) is 13.5. The van der Waals surface area contributed by atoms with E-state index >= 15 is 0 Å². The van der Waals surface area contributed by atoms with Crippen LogP contribution in [0.1, 0.15) is 11.1 Å². The van der Waals surface area contributed by atoms with E-state index in [2.05, 4.69) is 98.8 Å². The number of rotatable bonds is 0. The van der Waals surface area contributed by atoms with Gasteiger partial charge in [-0.3, -0.25) is 0 Å². The summed E-state index contributed by atoms with van der Waals surface area (Å²) in [5.74, 6) is 0. The van der Waals surface area contributed by atoms with Crippen LogP contribution < -0.4 is 0 Å². The van der Waals surface area contributed by atoms with Gasteiger partial charge in [0.2, 0.25) is 0 Å². The Balaban J connectivity index is 0.000000160. The van der Waals surface area contributed by atoms with Gasteiger partial charge in [-0.1, -0.05) is 84.9 Å². The molecule has 0 saturated heterocycles. The fourth-order valence-corrected chi connectivity index (χ4v) is 2.77. The molecule has 0 N–H and O–H groups in total. The molecule has 0 aromatic heterocycles. The molecule has 0 aliphatic carbocycles. The van der Waals surface area contributed by atoms with E-state index in [1.807, 2.05) is 0 Å². The Morgan fingerprint density at radius 2 is 0.783 bits per heavy atom. The first kappa shape index (κ1) is 17.4. The van der Waals surface area contributed by atoms with E-state index in [4.69, 9.17) is 0 Å². The molecule has 0 aliphatic rings. The third kappa shape index (κ3) is 4.09. The average Bonchev–Trinajstić information content (AvgIpc) is 2.57. The van der Waals surface area contributed by atoms with Gasteiger partial charge in [-0.05, 0) is 46.5 Å². The maximum atomic E-state index is 2.16. The second-order valence-corrected chi connectivity index (χ2v) is 5.59. The Kier molecular flexibility index (Phi) is 6.13. The van der Waals surface area contributed by atoms with Crippen LogP contribution >= 0.6 is 0 Å². The molecule has 0 radical (unpaired) electrons. The number of fused-ring (bicyclic) bond motifs is 2. The molecule has 114 valence electrons. The second kappa shape index (κ2) is 8.09. The number of benzene rings is 4. The van der Waals surface area contributed by atoms with E-state index in [-0.39, 0.29) is 21.1 Å². The predicted molar refractivity (Wildman–Crippen MR) is 97.4 cm³/mol. The largest absolute Gasteiger partial charge is 0.0616 e. The summed E-state index contributed by atoms with van der Waals surface area (Å²) in [6.45, 7) is 4.28. The van der Waals surface area contributed by atoms with Gasteiger partial charge in [-0.25, -0.2) is 0 Å². The Morgan fingerprint density at radius 1 is 0.435 bits per heavy atom. The molecular weight excluding hydrogens is 360 g/mol. The van der Waals surface area contributed by atoms with Gasteiger partial charge in [-0.15, -0.1) is 0 Å². The quantitative estimate of drug-likeness (QED) is 0.314. The molecule has 4 aromatic carbocycles. The van der Waals surface area contributed by atoms with Crippen LogP contribution in [0.5, 0.6) is 0 Å². The molecule has 0 saturated carbocycles. The molecule has 1 heteroatoms. The summed E-state index contributed by atoms with van der Waals surface area (Å²) in [5, 5.41) is 5.37. The van der Waals surface area contributed by atoms with E-state index < -0.39 is 0 Å². The van der Waals surface area contributed by atoms with Gasteiger partial charge in [0.1, 0.15) is 0 Å². The summed E-state index contributed by atoms with van der Waals surface area (Å²) in [7, 11) is 0. The van der Waals surface area contributed by atoms with Crippen molar-refractivity contribution in [1.82, 2.24) is 0 Å². The Bertz CT molecular complexity index is 822. The molecule has 0 heterocycles. The molecule has 23 heavy (non-hydrogen) atoms. The normalized spacial score (nSPS) is 9.83. The van der Waals surface area contributed by atoms with Crippen molar-refractivity contribution >= 4 is 21.5 Å². The smallest absolute Gasteiger partial charge is 0 e. The van der Waals surface area contributed by atoms with E-state index in [9.17, 15) is 0 Å². The van der Waals surface area contributed by atoms with Gasteiger partial charge in [0.25, 0.3) is 0 Å². The summed E-state index contributed by atoms with van der Waals surface area (Å²) in [6.07, 6.45) is 0. The Labute approximate surface area is 152 Å². The van der Waals surface area contributed by atoms with Crippen LogP contribution in [0.15, 0.2) is 84.9 Å². The van der Waals surface area contributed by atoms with E-state index in [1.165, 1.54) is 32.7 Å². The molecule has 0 atom stereocenters. The third-order valence-electron chi connectivity index (χ3n) is 4.02. The van der Waals surface area contributed by atoms with Crippen molar-refractivity contribution < 1.29 is 21.1 Å². The molecule has 0 spiro atoms. The minimum Gasteiger partial charge on any atom is -0.0616 e. The van der Waals surface area contributed by atoms with Crippen molar-refractivity contribution in [2.75, 3.05) is 0 Å². The van der Waals surface area contributed by atoms with E-state index in [0.29, 0.717) is 0 Å². The average molecular weight is 380 g/mol. The van der Waals surface area contributed by atoms with Crippen LogP contribution in [0.2, 0.25) is 0 Å². The summed E-state index contributed by atoms with van der Waals surface area (Å²) in [6, 6.07) is 29.7. The van der Waals surface area contributed by atoms with Gasteiger partial charge in [0.05, 0.1) is 0 Å². The number of aryl methyl sites for hydroxylation is 2. The fraction of sp³-hybridized carbons (Fsp3) is 0.0909. The minimum absolute atomic E-state index is 0. The minimum atomic E-state index is 0. The molecule has 0 nitrogen and oxygen atoms in total. The van der Waals surface area contributed by atoms with E-state index in [0.717, 1.165) is 0 Å². The molecule has 0 unspecified atom stereocenters. The first-order valence-corrected chi connectivity index (χ1v) is 7.64. The zero-order valence-corrected chi connectivity index (χ0v) is 15.5. The Hall–Kier alpha value is -1.91. The van der Waals surface area contributed by atoms with Crippen molar-refractivity contribution in [3.8, 4) is 0 Å². The number of hydrogen-bond acceptors (Lipinski definition) is 0. The summed E-state index contributed by atoms with van der Waals surface area (Å²) >= 11 is 0. The molecule has 4 rings (SSSR count). The standard InChI is InChI=1S/2C11H10.Mo/c2*1-9-5-4-7-10-6-2-3-8-11(9)10;/h2*2-8H,1H3;. The number of hydrogen-bond donors (Lipinski definition) is 0. The van der Waals surface area contributed by atoms with Crippen molar-refractivity contribution in [3.63, 3.8) is 0 Å². The summed E-state index contributed by atoms with van der Waals surface area (Å²) < 4.78 is 0.